The van der Waals surface area contributed by atoms with Gasteiger partial charge in [0, 0.05) is 12.1 Å². The molecular formula is C24H18ClNO4. The number of carbonyl (C=O) groups is 1. The van der Waals surface area contributed by atoms with Crippen LogP contribution in [0, 0.1) is 0 Å². The molecule has 1 heterocycles. The lowest BCUT2D eigenvalue weighted by Crippen LogP contribution is -2.23. The number of benzene rings is 3. The van der Waals surface area contributed by atoms with Gasteiger partial charge in [-0.05, 0) is 28.8 Å². The summed E-state index contributed by atoms with van der Waals surface area (Å²) in [6.45, 7) is 0. The summed E-state index contributed by atoms with van der Waals surface area (Å²) in [7, 11) is 0. The van der Waals surface area contributed by atoms with E-state index in [0.29, 0.717) is 4.73 Å². The van der Waals surface area contributed by atoms with Gasteiger partial charge >= 0.3 is 5.97 Å². The zero-order valence-electron chi connectivity index (χ0n) is 15.8. The Morgan fingerprint density at radius 3 is 1.60 bits per heavy atom. The van der Waals surface area contributed by atoms with Gasteiger partial charge < -0.3 is 15.1 Å². The van der Waals surface area contributed by atoms with Gasteiger partial charge in [0.15, 0.2) is 0 Å². The molecule has 0 aliphatic heterocycles. The molecule has 0 bridgehead atoms. The molecule has 0 radical (unpaired) electrons. The standard InChI is InChI=1S/C24H18ClNO4/c25-24(18-7-3-1-4-8-18,19-9-5-2-6-10-19)20-13-11-17(12-14-20)23(29)30-26-21(27)15-16-22(26)28/h1-16,27-28H. The largest absolute Gasteiger partial charge is 0.492 e. The van der Waals surface area contributed by atoms with E-state index in [0.717, 1.165) is 16.7 Å². The van der Waals surface area contributed by atoms with Gasteiger partial charge in [0.1, 0.15) is 4.87 Å². The normalized spacial score (nSPS) is 11.2. The van der Waals surface area contributed by atoms with E-state index in [4.69, 9.17) is 16.4 Å². The fourth-order valence-corrected chi connectivity index (χ4v) is 3.68. The van der Waals surface area contributed by atoms with Crippen molar-refractivity contribution >= 4 is 17.6 Å². The quantitative estimate of drug-likeness (QED) is 0.363. The molecule has 30 heavy (non-hydrogen) atoms. The fourth-order valence-electron chi connectivity index (χ4n) is 3.30. The van der Waals surface area contributed by atoms with Crippen LogP contribution in [0.4, 0.5) is 0 Å². The summed E-state index contributed by atoms with van der Waals surface area (Å²) < 4.78 is 0.649. The van der Waals surface area contributed by atoms with Crippen molar-refractivity contribution in [1.29, 1.82) is 0 Å². The summed E-state index contributed by atoms with van der Waals surface area (Å²) in [6.07, 6.45) is 0. The number of aromatic hydroxyl groups is 2. The molecule has 0 unspecified atom stereocenters. The third kappa shape index (κ3) is 3.51. The number of rotatable bonds is 5. The minimum atomic E-state index is -0.943. The summed E-state index contributed by atoms with van der Waals surface area (Å²) in [5, 5.41) is 19.3. The molecule has 4 rings (SSSR count). The van der Waals surface area contributed by atoms with Crippen LogP contribution in [-0.4, -0.2) is 20.9 Å². The van der Waals surface area contributed by atoms with Crippen LogP contribution >= 0.6 is 11.6 Å². The van der Waals surface area contributed by atoms with Crippen molar-refractivity contribution in [2.24, 2.45) is 0 Å². The molecule has 0 aliphatic carbocycles. The van der Waals surface area contributed by atoms with E-state index >= 15 is 0 Å². The van der Waals surface area contributed by atoms with E-state index in [2.05, 4.69) is 0 Å². The predicted octanol–water partition coefficient (Wildman–Crippen LogP) is 4.70. The third-order valence-corrected chi connectivity index (χ3v) is 5.49. The lowest BCUT2D eigenvalue weighted by molar-refractivity contribution is 0.0381. The average molecular weight is 420 g/mol. The Labute approximate surface area is 178 Å². The molecule has 4 aromatic rings. The van der Waals surface area contributed by atoms with E-state index in [9.17, 15) is 15.0 Å². The van der Waals surface area contributed by atoms with Crippen molar-refractivity contribution in [1.82, 2.24) is 4.73 Å². The summed E-state index contributed by atoms with van der Waals surface area (Å²) >= 11 is 7.22. The lowest BCUT2D eigenvalue weighted by Gasteiger charge is -2.29. The van der Waals surface area contributed by atoms with E-state index < -0.39 is 10.8 Å². The SMILES string of the molecule is O=C(On1c(O)ccc1O)c1ccc(C(Cl)(c2ccccc2)c2ccccc2)cc1. The third-order valence-electron chi connectivity index (χ3n) is 4.83. The number of carbonyl (C=O) groups excluding carboxylic acids is 1. The van der Waals surface area contributed by atoms with Crippen molar-refractivity contribution < 1.29 is 19.8 Å². The highest BCUT2D eigenvalue weighted by molar-refractivity contribution is 6.28. The van der Waals surface area contributed by atoms with Crippen LogP contribution in [-0.2, 0) is 4.87 Å². The summed E-state index contributed by atoms with van der Waals surface area (Å²) in [6, 6.07) is 28.5. The number of nitrogens with zero attached hydrogens (tertiary/aromatic N) is 1. The molecular weight excluding hydrogens is 402 g/mol. The molecule has 150 valence electrons. The van der Waals surface area contributed by atoms with Crippen molar-refractivity contribution in [2.75, 3.05) is 0 Å². The second-order valence-electron chi connectivity index (χ2n) is 6.69. The molecule has 6 heteroatoms. The van der Waals surface area contributed by atoms with Crippen LogP contribution in [0.25, 0.3) is 0 Å². The number of aromatic nitrogens is 1. The Morgan fingerprint density at radius 2 is 1.13 bits per heavy atom. The number of halogens is 1. The maximum Gasteiger partial charge on any atom is 0.363 e. The molecule has 0 fully saturated rings. The zero-order chi connectivity index (χ0) is 21.1. The van der Waals surface area contributed by atoms with E-state index in [1.54, 1.807) is 24.3 Å². The van der Waals surface area contributed by atoms with Crippen molar-refractivity contribution in [3.8, 4) is 11.8 Å². The van der Waals surface area contributed by atoms with E-state index in [1.807, 2.05) is 60.7 Å². The van der Waals surface area contributed by atoms with Crippen LogP contribution in [0.2, 0.25) is 0 Å². The Balaban J connectivity index is 1.69. The first-order chi connectivity index (χ1) is 14.5. The highest BCUT2D eigenvalue weighted by Crippen LogP contribution is 2.42. The highest BCUT2D eigenvalue weighted by atomic mass is 35.5. The molecule has 0 aliphatic rings. The minimum Gasteiger partial charge on any atom is -0.492 e. The number of hydrogen-bond donors (Lipinski definition) is 2. The Morgan fingerprint density at radius 1 is 0.700 bits per heavy atom. The molecule has 0 amide bonds. The number of hydrogen-bond acceptors (Lipinski definition) is 4. The fraction of sp³-hybridized carbons (Fsp3) is 0.0417. The van der Waals surface area contributed by atoms with E-state index in [1.165, 1.54) is 12.1 Å². The Hall–Kier alpha value is -3.70. The van der Waals surface area contributed by atoms with Crippen LogP contribution in [0.1, 0.15) is 27.0 Å². The average Bonchev–Trinajstić information content (AvgIpc) is 3.12. The van der Waals surface area contributed by atoms with Crippen LogP contribution in [0.5, 0.6) is 11.8 Å². The van der Waals surface area contributed by atoms with Gasteiger partial charge in [0.25, 0.3) is 0 Å². The maximum atomic E-state index is 12.4. The van der Waals surface area contributed by atoms with Gasteiger partial charge in [-0.1, -0.05) is 72.8 Å². The second-order valence-corrected chi connectivity index (χ2v) is 7.26. The molecule has 0 spiro atoms. The number of alkyl halides is 1. The molecule has 5 nitrogen and oxygen atoms in total. The first-order valence-corrected chi connectivity index (χ1v) is 9.61. The maximum absolute atomic E-state index is 12.4. The highest BCUT2D eigenvalue weighted by Gasteiger charge is 2.34. The predicted molar refractivity (Wildman–Crippen MR) is 114 cm³/mol. The Kier molecular flexibility index (Phi) is 5.21. The van der Waals surface area contributed by atoms with Gasteiger partial charge in [-0.2, -0.15) is 0 Å². The van der Waals surface area contributed by atoms with Gasteiger partial charge in [-0.15, -0.1) is 16.3 Å². The van der Waals surface area contributed by atoms with E-state index in [-0.39, 0.29) is 17.3 Å². The molecule has 1 aromatic heterocycles. The van der Waals surface area contributed by atoms with Gasteiger partial charge in [0.05, 0.1) is 5.56 Å². The summed E-state index contributed by atoms with van der Waals surface area (Å²) in [5.74, 6) is -1.50. The first kappa shape index (κ1) is 19.6. The van der Waals surface area contributed by atoms with Crippen molar-refractivity contribution in [3.63, 3.8) is 0 Å². The van der Waals surface area contributed by atoms with Crippen LogP contribution in [0.15, 0.2) is 97.1 Å². The monoisotopic (exact) mass is 419 g/mol. The molecule has 0 atom stereocenters. The van der Waals surface area contributed by atoms with Crippen molar-refractivity contribution in [3.05, 3.63) is 119 Å². The lowest BCUT2D eigenvalue weighted by atomic mass is 9.84. The zero-order valence-corrected chi connectivity index (χ0v) is 16.5. The van der Waals surface area contributed by atoms with Crippen molar-refractivity contribution in [2.45, 2.75) is 4.87 Å². The minimum absolute atomic E-state index is 0.242. The summed E-state index contributed by atoms with van der Waals surface area (Å²) in [4.78, 5) is 16.5. The molecule has 2 N–H and O–H groups in total. The van der Waals surface area contributed by atoms with Gasteiger partial charge in [-0.25, -0.2) is 4.79 Å². The van der Waals surface area contributed by atoms with Gasteiger partial charge in [0.2, 0.25) is 11.8 Å². The Bertz CT molecular complexity index is 1100. The van der Waals surface area contributed by atoms with Crippen LogP contribution < -0.4 is 4.84 Å². The summed E-state index contributed by atoms with van der Waals surface area (Å²) in [5.41, 5.74) is 2.82. The second kappa shape index (κ2) is 7.97. The topological polar surface area (TPSA) is 71.7 Å². The molecule has 3 aromatic carbocycles. The smallest absolute Gasteiger partial charge is 0.363 e. The first-order valence-electron chi connectivity index (χ1n) is 9.23. The molecule has 0 saturated heterocycles. The van der Waals surface area contributed by atoms with Crippen LogP contribution in [0.3, 0.4) is 0 Å². The molecule has 0 saturated carbocycles. The van der Waals surface area contributed by atoms with Gasteiger partial charge in [-0.3, -0.25) is 0 Å².